The van der Waals surface area contributed by atoms with Gasteiger partial charge in [0.25, 0.3) is 0 Å². The monoisotopic (exact) mass is 292 g/mol. The molecule has 0 aromatic rings. The summed E-state index contributed by atoms with van der Waals surface area (Å²) in [7, 11) is 1.23. The largest absolute Gasteiger partial charge is 0.453 e. The fourth-order valence-electron chi connectivity index (χ4n) is 2.76. The van der Waals surface area contributed by atoms with Crippen molar-refractivity contribution in [2.45, 2.75) is 43.9 Å². The molecule has 0 spiro atoms. The molecular formula is C12H18F2N2O4. The molecule has 1 saturated heterocycles. The molecule has 1 N–H and O–H groups in total. The molecule has 0 bridgehead atoms. The normalized spacial score (nSPS) is 21.7. The molecule has 2 rings (SSSR count). The third-order valence-electron chi connectivity index (χ3n) is 3.82. The van der Waals surface area contributed by atoms with Crippen molar-refractivity contribution in [3.05, 3.63) is 0 Å². The Morgan fingerprint density at radius 2 is 1.90 bits per heavy atom. The maximum absolute atomic E-state index is 12.4. The molecule has 1 aliphatic heterocycles. The fourth-order valence-corrected chi connectivity index (χ4v) is 2.76. The number of nitrogens with one attached hydrogen (secondary N) is 1. The first-order chi connectivity index (χ1) is 9.47. The van der Waals surface area contributed by atoms with Gasteiger partial charge in [0, 0.05) is 13.1 Å². The Hall–Kier alpha value is -1.44. The summed E-state index contributed by atoms with van der Waals surface area (Å²) in [5, 5.41) is 2.61. The van der Waals surface area contributed by atoms with Crippen LogP contribution in [0.1, 0.15) is 25.7 Å². The summed E-state index contributed by atoms with van der Waals surface area (Å²) in [6.07, 6.45) is 1.47. The molecule has 1 aliphatic carbocycles. The van der Waals surface area contributed by atoms with Crippen LogP contribution >= 0.6 is 0 Å². The highest BCUT2D eigenvalue weighted by Crippen LogP contribution is 2.33. The van der Waals surface area contributed by atoms with Gasteiger partial charge in [0.15, 0.2) is 0 Å². The average molecular weight is 292 g/mol. The lowest BCUT2D eigenvalue weighted by Gasteiger charge is -2.43. The van der Waals surface area contributed by atoms with Crippen LogP contribution in [0.25, 0.3) is 0 Å². The van der Waals surface area contributed by atoms with Crippen molar-refractivity contribution in [3.8, 4) is 0 Å². The van der Waals surface area contributed by atoms with Gasteiger partial charge in [0.05, 0.1) is 13.2 Å². The highest BCUT2D eigenvalue weighted by Gasteiger charge is 2.48. The van der Waals surface area contributed by atoms with Gasteiger partial charge in [0.1, 0.15) is 5.54 Å². The number of hydrogen-bond acceptors (Lipinski definition) is 4. The highest BCUT2D eigenvalue weighted by atomic mass is 19.3. The smallest absolute Gasteiger partial charge is 0.407 e. The Labute approximate surface area is 115 Å². The second-order valence-corrected chi connectivity index (χ2v) is 5.13. The summed E-state index contributed by atoms with van der Waals surface area (Å²) in [4.78, 5) is 25.3. The molecule has 20 heavy (non-hydrogen) atoms. The van der Waals surface area contributed by atoms with Gasteiger partial charge in [-0.05, 0) is 12.8 Å². The van der Waals surface area contributed by atoms with E-state index in [-0.39, 0.29) is 19.0 Å². The van der Waals surface area contributed by atoms with E-state index in [0.29, 0.717) is 12.8 Å². The molecule has 2 amide bonds. The minimum Gasteiger partial charge on any atom is -0.453 e. The molecule has 0 unspecified atom stereocenters. The van der Waals surface area contributed by atoms with Gasteiger partial charge in [-0.25, -0.2) is 4.79 Å². The predicted molar refractivity (Wildman–Crippen MR) is 64.2 cm³/mol. The lowest BCUT2D eigenvalue weighted by Crippen LogP contribution is -2.65. The number of rotatable bonds is 4. The van der Waals surface area contributed by atoms with Crippen LogP contribution in [0.2, 0.25) is 0 Å². The summed E-state index contributed by atoms with van der Waals surface area (Å²) in [6, 6.07) is 0. The maximum Gasteiger partial charge on any atom is 0.407 e. The number of amides is 2. The third kappa shape index (κ3) is 3.00. The molecule has 0 aromatic heterocycles. The van der Waals surface area contributed by atoms with Crippen molar-refractivity contribution in [2.75, 3.05) is 20.2 Å². The van der Waals surface area contributed by atoms with Crippen LogP contribution in [0, 0.1) is 0 Å². The molecule has 1 saturated carbocycles. The van der Waals surface area contributed by atoms with Crippen LogP contribution in [-0.2, 0) is 14.3 Å². The van der Waals surface area contributed by atoms with Gasteiger partial charge < -0.3 is 19.7 Å². The number of halogens is 2. The Morgan fingerprint density at radius 3 is 2.40 bits per heavy atom. The fraction of sp³-hybridized carbons (Fsp3) is 0.833. The molecule has 8 heteroatoms. The molecule has 2 aliphatic rings. The standard InChI is InChI=1S/C12H18F2N2O4/c1-19-11(18)15-12(4-2-3-5-12)9(17)16-6-8(7-16)20-10(13)14/h8,10H,2-7H2,1H3,(H,15,18). The van der Waals surface area contributed by atoms with Crippen LogP contribution < -0.4 is 5.32 Å². The zero-order valence-corrected chi connectivity index (χ0v) is 11.2. The van der Waals surface area contributed by atoms with Gasteiger partial charge in [-0.2, -0.15) is 8.78 Å². The number of carbonyl (C=O) groups is 2. The van der Waals surface area contributed by atoms with Crippen LogP contribution in [0.4, 0.5) is 13.6 Å². The number of nitrogens with zero attached hydrogens (tertiary/aromatic N) is 1. The summed E-state index contributed by atoms with van der Waals surface area (Å²) in [6.45, 7) is -2.56. The van der Waals surface area contributed by atoms with Crippen molar-refractivity contribution in [1.82, 2.24) is 10.2 Å². The molecular weight excluding hydrogens is 274 g/mol. The second kappa shape index (κ2) is 5.90. The van der Waals surface area contributed by atoms with Crippen molar-refractivity contribution in [2.24, 2.45) is 0 Å². The zero-order chi connectivity index (χ0) is 14.8. The Morgan fingerprint density at radius 1 is 1.30 bits per heavy atom. The SMILES string of the molecule is COC(=O)NC1(C(=O)N2CC(OC(F)F)C2)CCCC1. The highest BCUT2D eigenvalue weighted by molar-refractivity contribution is 5.90. The number of hydrogen-bond donors (Lipinski definition) is 1. The van der Waals surface area contributed by atoms with E-state index >= 15 is 0 Å². The Balaban J connectivity index is 1.94. The molecule has 0 atom stereocenters. The van der Waals surface area contributed by atoms with Crippen LogP contribution in [0.15, 0.2) is 0 Å². The second-order valence-electron chi connectivity index (χ2n) is 5.13. The number of ether oxygens (including phenoxy) is 2. The van der Waals surface area contributed by atoms with Crippen molar-refractivity contribution >= 4 is 12.0 Å². The van der Waals surface area contributed by atoms with E-state index in [1.54, 1.807) is 0 Å². The summed E-state index contributed by atoms with van der Waals surface area (Å²) in [5.74, 6) is -0.241. The number of carbonyl (C=O) groups excluding carboxylic acids is 2. The topological polar surface area (TPSA) is 67.9 Å². The first kappa shape index (κ1) is 15.0. The molecule has 114 valence electrons. The first-order valence-electron chi connectivity index (χ1n) is 6.56. The van der Waals surface area contributed by atoms with Gasteiger partial charge in [-0.3, -0.25) is 4.79 Å². The van der Waals surface area contributed by atoms with E-state index in [1.165, 1.54) is 12.0 Å². The molecule has 6 nitrogen and oxygen atoms in total. The number of alkyl halides is 2. The zero-order valence-electron chi connectivity index (χ0n) is 11.2. The summed E-state index contributed by atoms with van der Waals surface area (Å²) >= 11 is 0. The van der Waals surface area contributed by atoms with Crippen LogP contribution in [0.5, 0.6) is 0 Å². The predicted octanol–water partition coefficient (Wildman–Crippen LogP) is 1.11. The van der Waals surface area contributed by atoms with E-state index in [4.69, 9.17) is 0 Å². The van der Waals surface area contributed by atoms with E-state index < -0.39 is 24.3 Å². The number of alkyl carbamates (subject to hydrolysis) is 1. The van der Waals surface area contributed by atoms with Crippen molar-refractivity contribution in [3.63, 3.8) is 0 Å². The number of methoxy groups -OCH3 is 1. The minimum absolute atomic E-state index is 0.133. The van der Waals surface area contributed by atoms with Crippen molar-refractivity contribution < 1.29 is 27.8 Å². The van der Waals surface area contributed by atoms with Crippen LogP contribution in [0.3, 0.4) is 0 Å². The molecule has 1 heterocycles. The van der Waals surface area contributed by atoms with E-state index in [9.17, 15) is 18.4 Å². The van der Waals surface area contributed by atoms with Gasteiger partial charge in [-0.1, -0.05) is 12.8 Å². The van der Waals surface area contributed by atoms with E-state index in [0.717, 1.165) is 12.8 Å². The van der Waals surface area contributed by atoms with E-state index in [1.807, 2.05) is 0 Å². The van der Waals surface area contributed by atoms with E-state index in [2.05, 4.69) is 14.8 Å². The third-order valence-corrected chi connectivity index (χ3v) is 3.82. The Bertz CT molecular complexity index is 380. The summed E-state index contributed by atoms with van der Waals surface area (Å²) in [5.41, 5.74) is -0.955. The van der Waals surface area contributed by atoms with Gasteiger partial charge in [-0.15, -0.1) is 0 Å². The molecule has 0 aromatic carbocycles. The van der Waals surface area contributed by atoms with Gasteiger partial charge >= 0.3 is 12.7 Å². The maximum atomic E-state index is 12.4. The van der Waals surface area contributed by atoms with Crippen LogP contribution in [-0.4, -0.2) is 55.4 Å². The van der Waals surface area contributed by atoms with Crippen molar-refractivity contribution in [1.29, 1.82) is 0 Å². The minimum atomic E-state index is -2.83. The number of likely N-dealkylation sites (tertiary alicyclic amines) is 1. The molecule has 2 fully saturated rings. The summed E-state index contributed by atoms with van der Waals surface area (Å²) < 4.78 is 32.9. The average Bonchev–Trinajstić information content (AvgIpc) is 2.81. The Kier molecular flexibility index (Phi) is 4.42. The quantitative estimate of drug-likeness (QED) is 0.842. The lowest BCUT2D eigenvalue weighted by atomic mass is 9.93. The molecule has 0 radical (unpaired) electrons. The lowest BCUT2D eigenvalue weighted by molar-refractivity contribution is -0.201. The first-order valence-corrected chi connectivity index (χ1v) is 6.56. The van der Waals surface area contributed by atoms with Gasteiger partial charge in [0.2, 0.25) is 5.91 Å².